The van der Waals surface area contributed by atoms with Gasteiger partial charge in [-0.05, 0) is 35.9 Å². The van der Waals surface area contributed by atoms with Crippen molar-refractivity contribution in [3.8, 4) is 11.3 Å². The lowest BCUT2D eigenvalue weighted by molar-refractivity contribution is 0.628. The molecule has 0 fully saturated rings. The van der Waals surface area contributed by atoms with E-state index in [-0.39, 0.29) is 5.82 Å². The van der Waals surface area contributed by atoms with Gasteiger partial charge >= 0.3 is 0 Å². The molecular weight excluding hydrogens is 303 g/mol. The van der Waals surface area contributed by atoms with Crippen LogP contribution in [-0.4, -0.2) is 14.4 Å². The highest BCUT2D eigenvalue weighted by molar-refractivity contribution is 5.75. The van der Waals surface area contributed by atoms with Crippen molar-refractivity contribution in [3.05, 3.63) is 84.4 Å². The van der Waals surface area contributed by atoms with E-state index in [1.54, 1.807) is 18.3 Å². The molecule has 0 spiro atoms. The summed E-state index contributed by atoms with van der Waals surface area (Å²) >= 11 is 0. The van der Waals surface area contributed by atoms with Gasteiger partial charge in [0.1, 0.15) is 5.82 Å². The number of nitrogens with zero attached hydrogens (tertiary/aromatic N) is 3. The van der Waals surface area contributed by atoms with Crippen molar-refractivity contribution in [2.75, 3.05) is 5.32 Å². The largest absolute Gasteiger partial charge is 0.364 e. The molecule has 4 nitrogen and oxygen atoms in total. The minimum Gasteiger partial charge on any atom is -0.364 e. The van der Waals surface area contributed by atoms with E-state index in [4.69, 9.17) is 0 Å². The van der Waals surface area contributed by atoms with Crippen LogP contribution in [0.4, 0.5) is 10.2 Å². The normalized spacial score (nSPS) is 10.9. The Hall–Kier alpha value is -3.21. The molecule has 0 atom stereocenters. The van der Waals surface area contributed by atoms with E-state index in [0.29, 0.717) is 12.3 Å². The summed E-state index contributed by atoms with van der Waals surface area (Å²) in [5, 5.41) is 3.37. The molecule has 0 aliphatic heterocycles. The molecule has 0 radical (unpaired) electrons. The second-order valence-electron chi connectivity index (χ2n) is 5.44. The number of hydrogen-bond donors (Lipinski definition) is 1. The topological polar surface area (TPSA) is 42.2 Å². The van der Waals surface area contributed by atoms with Gasteiger partial charge in [0.25, 0.3) is 0 Å². The third-order valence-corrected chi connectivity index (χ3v) is 3.82. The van der Waals surface area contributed by atoms with Gasteiger partial charge in [0.15, 0.2) is 5.82 Å². The lowest BCUT2D eigenvalue weighted by Gasteiger charge is -2.08. The predicted molar refractivity (Wildman–Crippen MR) is 92.1 cm³/mol. The first-order valence-corrected chi connectivity index (χ1v) is 7.68. The minimum absolute atomic E-state index is 0.260. The van der Waals surface area contributed by atoms with Crippen molar-refractivity contribution in [1.82, 2.24) is 14.4 Å². The van der Waals surface area contributed by atoms with Crippen LogP contribution in [0.1, 0.15) is 5.56 Å². The van der Waals surface area contributed by atoms with Crippen molar-refractivity contribution >= 4 is 11.6 Å². The average Bonchev–Trinajstić information content (AvgIpc) is 3.00. The van der Waals surface area contributed by atoms with Gasteiger partial charge < -0.3 is 5.32 Å². The minimum atomic E-state index is -0.260. The smallest absolute Gasteiger partial charge is 0.236 e. The molecule has 2 heterocycles. The molecule has 2 aromatic heterocycles. The van der Waals surface area contributed by atoms with Gasteiger partial charge in [-0.3, -0.25) is 4.40 Å². The number of fused-ring (bicyclic) bond motifs is 1. The zero-order valence-corrected chi connectivity index (χ0v) is 12.9. The van der Waals surface area contributed by atoms with Crippen LogP contribution < -0.4 is 5.32 Å². The Bertz CT molecular complexity index is 962. The lowest BCUT2D eigenvalue weighted by Crippen LogP contribution is -2.01. The fourth-order valence-corrected chi connectivity index (χ4v) is 2.68. The van der Waals surface area contributed by atoms with Gasteiger partial charge in [-0.1, -0.05) is 30.3 Å². The first-order valence-electron chi connectivity index (χ1n) is 7.68. The first-order chi connectivity index (χ1) is 11.8. The zero-order chi connectivity index (χ0) is 16.4. The summed E-state index contributed by atoms with van der Waals surface area (Å²) in [5.41, 5.74) is 2.91. The molecule has 0 saturated heterocycles. The molecule has 0 bridgehead atoms. The van der Waals surface area contributed by atoms with E-state index in [9.17, 15) is 4.39 Å². The third-order valence-electron chi connectivity index (χ3n) is 3.82. The Morgan fingerprint density at radius 1 is 0.958 bits per heavy atom. The van der Waals surface area contributed by atoms with Crippen molar-refractivity contribution < 1.29 is 4.39 Å². The maximum Gasteiger partial charge on any atom is 0.236 e. The molecule has 0 aliphatic rings. The van der Waals surface area contributed by atoms with E-state index >= 15 is 0 Å². The van der Waals surface area contributed by atoms with Gasteiger partial charge in [-0.2, -0.15) is 4.98 Å². The van der Waals surface area contributed by atoms with Crippen molar-refractivity contribution in [2.24, 2.45) is 0 Å². The molecule has 4 aromatic rings. The van der Waals surface area contributed by atoms with E-state index < -0.39 is 0 Å². The number of rotatable bonds is 4. The second-order valence-corrected chi connectivity index (χ2v) is 5.44. The van der Waals surface area contributed by atoms with Crippen LogP contribution in [0.15, 0.2) is 73.1 Å². The fraction of sp³-hybridized carbons (Fsp3) is 0.0526. The molecule has 0 saturated carbocycles. The highest BCUT2D eigenvalue weighted by Gasteiger charge is 2.14. The molecule has 4 rings (SSSR count). The number of nitrogens with one attached hydrogen (secondary N) is 1. The number of hydrogen-bond acceptors (Lipinski definition) is 3. The van der Waals surface area contributed by atoms with Crippen LogP contribution in [0.3, 0.4) is 0 Å². The van der Waals surface area contributed by atoms with Crippen LogP contribution >= 0.6 is 0 Å². The molecule has 118 valence electrons. The predicted octanol–water partition coefficient (Wildman–Crippen LogP) is 4.15. The maximum absolute atomic E-state index is 13.3. The summed E-state index contributed by atoms with van der Waals surface area (Å²) in [4.78, 5) is 8.87. The molecule has 0 aliphatic carbocycles. The van der Waals surface area contributed by atoms with Crippen LogP contribution in [0.2, 0.25) is 0 Å². The summed E-state index contributed by atoms with van der Waals surface area (Å²) in [6.07, 6.45) is 3.61. The molecule has 5 heteroatoms. The highest BCUT2D eigenvalue weighted by Crippen LogP contribution is 2.29. The maximum atomic E-state index is 13.3. The number of aromatic nitrogens is 3. The summed E-state index contributed by atoms with van der Waals surface area (Å²) in [7, 11) is 0. The quantitative estimate of drug-likeness (QED) is 0.615. The van der Waals surface area contributed by atoms with Crippen LogP contribution in [-0.2, 0) is 6.54 Å². The summed E-state index contributed by atoms with van der Waals surface area (Å²) in [6, 6.07) is 18.4. The average molecular weight is 318 g/mol. The monoisotopic (exact) mass is 318 g/mol. The molecule has 0 unspecified atom stereocenters. The van der Waals surface area contributed by atoms with Gasteiger partial charge in [0.05, 0.1) is 5.69 Å². The van der Waals surface area contributed by atoms with Gasteiger partial charge in [-0.25, -0.2) is 9.37 Å². The van der Waals surface area contributed by atoms with Crippen molar-refractivity contribution in [1.29, 1.82) is 0 Å². The number of imidazole rings is 1. The lowest BCUT2D eigenvalue weighted by atomic mass is 10.1. The SMILES string of the molecule is Fc1ccc(-c2c(NCc3ccccc3)nc3ncccn23)cc1. The summed E-state index contributed by atoms with van der Waals surface area (Å²) in [6.45, 7) is 0.652. The van der Waals surface area contributed by atoms with E-state index in [1.165, 1.54) is 12.1 Å². The Labute approximate surface area is 138 Å². The number of halogens is 1. The van der Waals surface area contributed by atoms with Crippen LogP contribution in [0, 0.1) is 5.82 Å². The summed E-state index contributed by atoms with van der Waals surface area (Å²) < 4.78 is 15.2. The first kappa shape index (κ1) is 14.4. The van der Waals surface area contributed by atoms with E-state index in [1.807, 2.05) is 34.9 Å². The zero-order valence-electron chi connectivity index (χ0n) is 12.9. The van der Waals surface area contributed by atoms with E-state index in [0.717, 1.165) is 22.6 Å². The van der Waals surface area contributed by atoms with Crippen molar-refractivity contribution in [3.63, 3.8) is 0 Å². The van der Waals surface area contributed by atoms with Gasteiger partial charge in [0, 0.05) is 24.5 Å². The Morgan fingerprint density at radius 3 is 2.54 bits per heavy atom. The van der Waals surface area contributed by atoms with Crippen LogP contribution in [0.5, 0.6) is 0 Å². The highest BCUT2D eigenvalue weighted by atomic mass is 19.1. The molecule has 2 aromatic carbocycles. The molecule has 0 amide bonds. The van der Waals surface area contributed by atoms with Gasteiger partial charge in [0.2, 0.25) is 5.78 Å². The van der Waals surface area contributed by atoms with Crippen LogP contribution in [0.25, 0.3) is 17.0 Å². The number of benzene rings is 2. The fourth-order valence-electron chi connectivity index (χ4n) is 2.68. The third kappa shape index (κ3) is 2.72. The Balaban J connectivity index is 1.76. The summed E-state index contributed by atoms with van der Waals surface area (Å²) in [5.74, 6) is 1.07. The second kappa shape index (κ2) is 6.12. The Morgan fingerprint density at radius 2 is 1.75 bits per heavy atom. The Kier molecular flexibility index (Phi) is 3.67. The van der Waals surface area contributed by atoms with Crippen molar-refractivity contribution in [2.45, 2.75) is 6.54 Å². The number of anilines is 1. The van der Waals surface area contributed by atoms with E-state index in [2.05, 4.69) is 27.4 Å². The van der Waals surface area contributed by atoms with Gasteiger partial charge in [-0.15, -0.1) is 0 Å². The standard InChI is InChI=1S/C19H15FN4/c20-16-9-7-15(8-10-16)17-18(22-13-14-5-2-1-3-6-14)23-19-21-11-4-12-24(17)19/h1-12,22H,13H2. The molecule has 1 N–H and O–H groups in total. The molecular formula is C19H15FN4. The molecule has 24 heavy (non-hydrogen) atoms.